The molecular weight excluding hydrogens is 205 g/mol. The minimum Gasteiger partial charge on any atom is -0.381 e. The Morgan fingerprint density at radius 1 is 1.25 bits per heavy atom. The Morgan fingerprint density at radius 2 is 1.94 bits per heavy atom. The first kappa shape index (κ1) is 12.3. The predicted molar refractivity (Wildman–Crippen MR) is 63.4 cm³/mol. The van der Waals surface area contributed by atoms with Crippen LogP contribution < -0.4 is 0 Å². The predicted octanol–water partition coefficient (Wildman–Crippen LogP) is 2.77. The molecule has 0 radical (unpaired) electrons. The first-order chi connectivity index (χ1) is 7.61. The normalized spacial score (nSPS) is 42.2. The molecule has 2 fully saturated rings. The van der Waals surface area contributed by atoms with Crippen molar-refractivity contribution in [1.82, 2.24) is 4.90 Å². The summed E-state index contributed by atoms with van der Waals surface area (Å²) in [7, 11) is 1.80. The molecule has 2 aliphatic rings. The van der Waals surface area contributed by atoms with Crippen LogP contribution in [0.25, 0.3) is 0 Å². The van der Waals surface area contributed by atoms with Gasteiger partial charge in [0, 0.05) is 19.7 Å². The standard InChI is InChI=1S/C13H24FNO/c1-13(14)8-3-9-15(10-13)11-4-6-12(16-2)7-5-11/h11-12H,3-10H2,1-2H3. The third kappa shape index (κ3) is 2.95. The van der Waals surface area contributed by atoms with Gasteiger partial charge in [0.15, 0.2) is 0 Å². The molecule has 94 valence electrons. The van der Waals surface area contributed by atoms with Crippen molar-refractivity contribution in [3.05, 3.63) is 0 Å². The lowest BCUT2D eigenvalue weighted by Gasteiger charge is -2.42. The van der Waals surface area contributed by atoms with E-state index in [1.165, 1.54) is 12.8 Å². The number of halogens is 1. The van der Waals surface area contributed by atoms with Crippen molar-refractivity contribution >= 4 is 0 Å². The Hall–Kier alpha value is -0.150. The molecule has 0 bridgehead atoms. The fraction of sp³-hybridized carbons (Fsp3) is 1.00. The minimum absolute atomic E-state index is 0.442. The molecule has 0 amide bonds. The van der Waals surface area contributed by atoms with Gasteiger partial charge in [-0.15, -0.1) is 0 Å². The van der Waals surface area contributed by atoms with E-state index in [-0.39, 0.29) is 0 Å². The Bertz CT molecular complexity index is 224. The Kier molecular flexibility index (Phi) is 3.85. The second kappa shape index (κ2) is 5.01. The average molecular weight is 229 g/mol. The molecule has 2 rings (SSSR count). The Morgan fingerprint density at radius 3 is 2.50 bits per heavy atom. The molecule has 1 saturated carbocycles. The zero-order valence-electron chi connectivity index (χ0n) is 10.5. The first-order valence-electron chi connectivity index (χ1n) is 6.56. The van der Waals surface area contributed by atoms with Crippen molar-refractivity contribution in [3.8, 4) is 0 Å². The summed E-state index contributed by atoms with van der Waals surface area (Å²) in [6.45, 7) is 3.47. The molecule has 1 heterocycles. The van der Waals surface area contributed by atoms with Gasteiger partial charge in [0.25, 0.3) is 0 Å². The number of nitrogens with zero attached hydrogens (tertiary/aromatic N) is 1. The summed E-state index contributed by atoms with van der Waals surface area (Å²) in [4.78, 5) is 2.37. The van der Waals surface area contributed by atoms with Crippen LogP contribution in [0.2, 0.25) is 0 Å². The van der Waals surface area contributed by atoms with E-state index < -0.39 is 5.67 Å². The number of alkyl halides is 1. The van der Waals surface area contributed by atoms with E-state index in [0.717, 1.165) is 32.2 Å². The largest absolute Gasteiger partial charge is 0.381 e. The van der Waals surface area contributed by atoms with Gasteiger partial charge in [-0.2, -0.15) is 0 Å². The van der Waals surface area contributed by atoms with Crippen LogP contribution >= 0.6 is 0 Å². The lowest BCUT2D eigenvalue weighted by molar-refractivity contribution is -0.00159. The van der Waals surface area contributed by atoms with Gasteiger partial charge in [-0.25, -0.2) is 4.39 Å². The monoisotopic (exact) mass is 229 g/mol. The summed E-state index contributed by atoms with van der Waals surface area (Å²) in [6.07, 6.45) is 6.82. The molecule has 3 heteroatoms. The quantitative estimate of drug-likeness (QED) is 0.722. The first-order valence-corrected chi connectivity index (χ1v) is 6.56. The number of hydrogen-bond donors (Lipinski definition) is 0. The number of ether oxygens (including phenoxy) is 1. The van der Waals surface area contributed by atoms with Gasteiger partial charge in [-0.05, 0) is 52.0 Å². The average Bonchev–Trinajstić information content (AvgIpc) is 2.28. The van der Waals surface area contributed by atoms with Crippen LogP contribution in [0.4, 0.5) is 4.39 Å². The molecule has 0 aromatic heterocycles. The summed E-state index contributed by atoms with van der Waals surface area (Å²) in [6, 6.07) is 0.599. The lowest BCUT2D eigenvalue weighted by atomic mass is 9.88. The second-order valence-electron chi connectivity index (χ2n) is 5.65. The maximum atomic E-state index is 14.0. The Balaban J connectivity index is 1.84. The highest BCUT2D eigenvalue weighted by Gasteiger charge is 2.35. The van der Waals surface area contributed by atoms with Crippen LogP contribution in [0.15, 0.2) is 0 Å². The van der Waals surface area contributed by atoms with Gasteiger partial charge < -0.3 is 4.74 Å². The van der Waals surface area contributed by atoms with E-state index in [9.17, 15) is 4.39 Å². The number of likely N-dealkylation sites (tertiary alicyclic amines) is 1. The topological polar surface area (TPSA) is 12.5 Å². The zero-order valence-corrected chi connectivity index (χ0v) is 10.5. The van der Waals surface area contributed by atoms with Crippen molar-refractivity contribution in [3.63, 3.8) is 0 Å². The fourth-order valence-electron chi connectivity index (χ4n) is 3.19. The molecule has 0 N–H and O–H groups in total. The summed E-state index contributed by atoms with van der Waals surface area (Å²) in [5, 5.41) is 0. The van der Waals surface area contributed by atoms with Gasteiger partial charge in [0.05, 0.1) is 6.10 Å². The molecule has 2 nitrogen and oxygen atoms in total. The van der Waals surface area contributed by atoms with Crippen LogP contribution in [-0.2, 0) is 4.74 Å². The van der Waals surface area contributed by atoms with Crippen molar-refractivity contribution < 1.29 is 9.13 Å². The maximum absolute atomic E-state index is 14.0. The van der Waals surface area contributed by atoms with Gasteiger partial charge in [-0.3, -0.25) is 4.90 Å². The molecule has 1 aliphatic heterocycles. The van der Waals surface area contributed by atoms with E-state index in [4.69, 9.17) is 4.74 Å². The summed E-state index contributed by atoms with van der Waals surface area (Å²) in [5.41, 5.74) is -0.962. The third-order valence-corrected chi connectivity index (χ3v) is 4.17. The highest BCUT2D eigenvalue weighted by atomic mass is 19.1. The summed E-state index contributed by atoms with van der Waals surface area (Å²) in [5.74, 6) is 0. The maximum Gasteiger partial charge on any atom is 0.120 e. The molecule has 0 spiro atoms. The van der Waals surface area contributed by atoms with Crippen molar-refractivity contribution in [1.29, 1.82) is 0 Å². The SMILES string of the molecule is COC1CCC(N2CCCC(C)(F)C2)CC1. The minimum atomic E-state index is -0.962. The molecule has 1 saturated heterocycles. The van der Waals surface area contributed by atoms with Gasteiger partial charge in [0.2, 0.25) is 0 Å². The molecular formula is C13H24FNO. The number of hydrogen-bond acceptors (Lipinski definition) is 2. The number of methoxy groups -OCH3 is 1. The zero-order chi connectivity index (χ0) is 11.6. The van der Waals surface area contributed by atoms with E-state index in [1.807, 2.05) is 0 Å². The van der Waals surface area contributed by atoms with Crippen LogP contribution in [0.5, 0.6) is 0 Å². The molecule has 1 atom stereocenters. The number of piperidine rings is 1. The summed E-state index contributed by atoms with van der Waals surface area (Å²) < 4.78 is 19.3. The van der Waals surface area contributed by atoms with E-state index in [1.54, 1.807) is 14.0 Å². The second-order valence-corrected chi connectivity index (χ2v) is 5.65. The lowest BCUT2D eigenvalue weighted by Crippen LogP contribution is -2.49. The molecule has 1 aliphatic carbocycles. The van der Waals surface area contributed by atoms with Gasteiger partial charge in [0.1, 0.15) is 5.67 Å². The van der Waals surface area contributed by atoms with Crippen molar-refractivity contribution in [2.45, 2.75) is 63.3 Å². The summed E-state index contributed by atoms with van der Waals surface area (Å²) >= 11 is 0. The van der Waals surface area contributed by atoms with Crippen molar-refractivity contribution in [2.75, 3.05) is 20.2 Å². The van der Waals surface area contributed by atoms with Crippen molar-refractivity contribution in [2.24, 2.45) is 0 Å². The molecule has 0 aromatic carbocycles. The number of rotatable bonds is 2. The molecule has 16 heavy (non-hydrogen) atoms. The fourth-order valence-corrected chi connectivity index (χ4v) is 3.19. The van der Waals surface area contributed by atoms with Crippen LogP contribution in [0, 0.1) is 0 Å². The van der Waals surface area contributed by atoms with E-state index in [0.29, 0.717) is 18.7 Å². The highest BCUT2D eigenvalue weighted by Crippen LogP contribution is 2.31. The van der Waals surface area contributed by atoms with Crippen LogP contribution in [0.1, 0.15) is 45.4 Å². The highest BCUT2D eigenvalue weighted by molar-refractivity contribution is 4.89. The van der Waals surface area contributed by atoms with Crippen LogP contribution in [0.3, 0.4) is 0 Å². The van der Waals surface area contributed by atoms with Gasteiger partial charge >= 0.3 is 0 Å². The smallest absolute Gasteiger partial charge is 0.120 e. The third-order valence-electron chi connectivity index (χ3n) is 4.17. The molecule has 1 unspecified atom stereocenters. The van der Waals surface area contributed by atoms with Gasteiger partial charge in [-0.1, -0.05) is 0 Å². The molecule has 0 aromatic rings. The van der Waals surface area contributed by atoms with E-state index >= 15 is 0 Å². The van der Waals surface area contributed by atoms with E-state index in [2.05, 4.69) is 4.90 Å². The van der Waals surface area contributed by atoms with Crippen LogP contribution in [-0.4, -0.2) is 42.9 Å². The Labute approximate surface area is 98.1 Å².